The molecule has 0 saturated heterocycles. The van der Waals surface area contributed by atoms with Crippen molar-refractivity contribution < 1.29 is 9.18 Å². The summed E-state index contributed by atoms with van der Waals surface area (Å²) in [6, 6.07) is 3.62. The fraction of sp³-hybridized carbons (Fsp3) is 0.300. The minimum Gasteiger partial charge on any atom is -0.324 e. The third-order valence-electron chi connectivity index (χ3n) is 1.87. The molecule has 0 bridgehead atoms. The number of carbonyl (C=O) groups is 1. The lowest BCUT2D eigenvalue weighted by Gasteiger charge is -2.10. The van der Waals surface area contributed by atoms with Gasteiger partial charge >= 0.3 is 0 Å². The first-order chi connectivity index (χ1) is 6.50. The highest BCUT2D eigenvalue weighted by Gasteiger charge is 2.09. The highest BCUT2D eigenvalue weighted by molar-refractivity contribution is 5.94. The average molecular weight is 196 g/mol. The Labute approximate surface area is 82.1 Å². The Morgan fingerprint density at radius 3 is 2.79 bits per heavy atom. The Bertz CT molecular complexity index is 350. The van der Waals surface area contributed by atoms with E-state index in [2.05, 4.69) is 5.32 Å². The zero-order valence-electron chi connectivity index (χ0n) is 8.17. The lowest BCUT2D eigenvalue weighted by atomic mass is 10.2. The van der Waals surface area contributed by atoms with Crippen molar-refractivity contribution >= 4 is 11.6 Å². The predicted octanol–water partition coefficient (Wildman–Crippen LogP) is 1.42. The highest BCUT2D eigenvalue weighted by atomic mass is 19.1. The first-order valence-corrected chi connectivity index (χ1v) is 4.33. The van der Waals surface area contributed by atoms with Crippen molar-refractivity contribution in [2.75, 3.05) is 5.32 Å². The van der Waals surface area contributed by atoms with Gasteiger partial charge in [-0.15, -0.1) is 0 Å². The van der Waals surface area contributed by atoms with Crippen LogP contribution in [0.1, 0.15) is 12.5 Å². The molecule has 0 aromatic heterocycles. The number of nitrogens with one attached hydrogen (secondary N) is 1. The van der Waals surface area contributed by atoms with E-state index in [1.165, 1.54) is 12.1 Å². The normalized spacial score (nSPS) is 12.3. The van der Waals surface area contributed by atoms with Gasteiger partial charge in [-0.3, -0.25) is 4.79 Å². The van der Waals surface area contributed by atoms with E-state index in [9.17, 15) is 9.18 Å². The monoisotopic (exact) mass is 196 g/mol. The van der Waals surface area contributed by atoms with Crippen LogP contribution in [-0.2, 0) is 4.79 Å². The van der Waals surface area contributed by atoms with Crippen molar-refractivity contribution in [3.63, 3.8) is 0 Å². The topological polar surface area (TPSA) is 55.1 Å². The van der Waals surface area contributed by atoms with E-state index in [-0.39, 0.29) is 11.7 Å². The van der Waals surface area contributed by atoms with Gasteiger partial charge in [-0.1, -0.05) is 6.07 Å². The molecule has 1 unspecified atom stereocenters. The van der Waals surface area contributed by atoms with Crippen LogP contribution in [0.2, 0.25) is 0 Å². The molecule has 1 aromatic rings. The van der Waals surface area contributed by atoms with E-state index in [0.717, 1.165) is 5.56 Å². The molecule has 0 heterocycles. The number of amides is 1. The van der Waals surface area contributed by atoms with Crippen LogP contribution in [-0.4, -0.2) is 11.9 Å². The van der Waals surface area contributed by atoms with E-state index in [1.807, 2.05) is 0 Å². The molecule has 0 spiro atoms. The quantitative estimate of drug-likeness (QED) is 0.751. The minimum absolute atomic E-state index is 0.321. The van der Waals surface area contributed by atoms with Crippen LogP contribution in [0.15, 0.2) is 18.2 Å². The van der Waals surface area contributed by atoms with Crippen LogP contribution < -0.4 is 11.1 Å². The van der Waals surface area contributed by atoms with Gasteiger partial charge in [0.05, 0.1) is 6.04 Å². The summed E-state index contributed by atoms with van der Waals surface area (Å²) in [5, 5.41) is 2.55. The molecule has 4 heteroatoms. The van der Waals surface area contributed by atoms with E-state index >= 15 is 0 Å². The Kier molecular flexibility index (Phi) is 3.19. The first kappa shape index (κ1) is 10.7. The van der Waals surface area contributed by atoms with Gasteiger partial charge in [-0.25, -0.2) is 4.39 Å². The van der Waals surface area contributed by atoms with Gasteiger partial charge in [0.15, 0.2) is 0 Å². The second kappa shape index (κ2) is 4.19. The zero-order chi connectivity index (χ0) is 10.7. The fourth-order valence-electron chi connectivity index (χ4n) is 0.975. The minimum atomic E-state index is -0.599. The van der Waals surface area contributed by atoms with Crippen LogP contribution in [0.4, 0.5) is 10.1 Å². The Morgan fingerprint density at radius 2 is 2.21 bits per heavy atom. The van der Waals surface area contributed by atoms with E-state index in [4.69, 9.17) is 5.73 Å². The molecule has 0 aliphatic carbocycles. The Hall–Kier alpha value is -1.42. The molecule has 0 aliphatic heterocycles. The molecule has 1 aromatic carbocycles. The molecule has 3 N–H and O–H groups in total. The molecular weight excluding hydrogens is 183 g/mol. The first-order valence-electron chi connectivity index (χ1n) is 4.33. The third-order valence-corrected chi connectivity index (χ3v) is 1.87. The van der Waals surface area contributed by atoms with Crippen molar-refractivity contribution in [3.05, 3.63) is 29.6 Å². The van der Waals surface area contributed by atoms with Gasteiger partial charge in [0.1, 0.15) is 5.82 Å². The molecule has 0 radical (unpaired) electrons. The van der Waals surface area contributed by atoms with Crippen LogP contribution in [0, 0.1) is 12.7 Å². The number of halogens is 1. The molecular formula is C10H13FN2O. The number of carbonyl (C=O) groups excluding carboxylic acids is 1. The van der Waals surface area contributed by atoms with E-state index in [0.29, 0.717) is 5.69 Å². The molecule has 14 heavy (non-hydrogen) atoms. The van der Waals surface area contributed by atoms with Gasteiger partial charge in [0.2, 0.25) is 5.91 Å². The van der Waals surface area contributed by atoms with Crippen LogP contribution in [0.25, 0.3) is 0 Å². The van der Waals surface area contributed by atoms with E-state index < -0.39 is 6.04 Å². The molecule has 76 valence electrons. The SMILES string of the molecule is Cc1ccc(F)cc1NC(=O)C(C)N. The number of hydrogen-bond donors (Lipinski definition) is 2. The van der Waals surface area contributed by atoms with Gasteiger partial charge in [0, 0.05) is 5.69 Å². The second-order valence-electron chi connectivity index (χ2n) is 3.24. The summed E-state index contributed by atoms with van der Waals surface area (Å²) in [4.78, 5) is 11.2. The number of benzene rings is 1. The summed E-state index contributed by atoms with van der Waals surface area (Å²) < 4.78 is 12.8. The van der Waals surface area contributed by atoms with Crippen LogP contribution in [0.5, 0.6) is 0 Å². The third kappa shape index (κ3) is 2.53. The fourth-order valence-corrected chi connectivity index (χ4v) is 0.975. The molecule has 0 saturated carbocycles. The maximum atomic E-state index is 12.8. The lowest BCUT2D eigenvalue weighted by Crippen LogP contribution is -2.32. The summed E-state index contributed by atoms with van der Waals surface area (Å²) in [6.45, 7) is 3.36. The largest absolute Gasteiger partial charge is 0.324 e. The van der Waals surface area contributed by atoms with Crippen molar-refractivity contribution in [2.24, 2.45) is 5.73 Å². The molecule has 0 aliphatic rings. The van der Waals surface area contributed by atoms with Gasteiger partial charge in [0.25, 0.3) is 0 Å². The summed E-state index contributed by atoms with van der Waals surface area (Å²) in [5.41, 5.74) is 6.64. The van der Waals surface area contributed by atoms with Gasteiger partial charge in [-0.2, -0.15) is 0 Å². The van der Waals surface area contributed by atoms with Crippen LogP contribution >= 0.6 is 0 Å². The number of rotatable bonds is 2. The van der Waals surface area contributed by atoms with Crippen molar-refractivity contribution in [2.45, 2.75) is 19.9 Å². The van der Waals surface area contributed by atoms with Gasteiger partial charge < -0.3 is 11.1 Å². The van der Waals surface area contributed by atoms with Crippen molar-refractivity contribution in [1.82, 2.24) is 0 Å². The predicted molar refractivity (Wildman–Crippen MR) is 53.4 cm³/mol. The number of nitrogens with two attached hydrogens (primary N) is 1. The van der Waals surface area contributed by atoms with Crippen molar-refractivity contribution in [3.8, 4) is 0 Å². The number of anilines is 1. The maximum Gasteiger partial charge on any atom is 0.241 e. The lowest BCUT2D eigenvalue weighted by molar-refractivity contribution is -0.117. The molecule has 1 atom stereocenters. The van der Waals surface area contributed by atoms with E-state index in [1.54, 1.807) is 19.9 Å². The average Bonchev–Trinajstić information content (AvgIpc) is 2.11. The highest BCUT2D eigenvalue weighted by Crippen LogP contribution is 2.15. The molecule has 1 rings (SSSR count). The summed E-state index contributed by atoms with van der Waals surface area (Å²) in [6.07, 6.45) is 0. The summed E-state index contributed by atoms with van der Waals surface area (Å²) >= 11 is 0. The second-order valence-corrected chi connectivity index (χ2v) is 3.24. The number of aryl methyl sites for hydroxylation is 1. The Morgan fingerprint density at radius 1 is 1.57 bits per heavy atom. The standard InChI is InChI=1S/C10H13FN2O/c1-6-3-4-8(11)5-9(6)13-10(14)7(2)12/h3-5,7H,12H2,1-2H3,(H,13,14). The summed E-state index contributed by atoms with van der Waals surface area (Å²) in [7, 11) is 0. The number of hydrogen-bond acceptors (Lipinski definition) is 2. The van der Waals surface area contributed by atoms with Crippen molar-refractivity contribution in [1.29, 1.82) is 0 Å². The molecule has 1 amide bonds. The maximum absolute atomic E-state index is 12.8. The smallest absolute Gasteiger partial charge is 0.241 e. The Balaban J connectivity index is 2.86. The molecule has 3 nitrogen and oxygen atoms in total. The zero-order valence-corrected chi connectivity index (χ0v) is 8.17. The van der Waals surface area contributed by atoms with Gasteiger partial charge in [-0.05, 0) is 31.5 Å². The molecule has 0 fully saturated rings. The van der Waals surface area contributed by atoms with Crippen LogP contribution in [0.3, 0.4) is 0 Å². The summed E-state index contributed by atoms with van der Waals surface area (Å²) in [5.74, 6) is -0.700.